The summed E-state index contributed by atoms with van der Waals surface area (Å²) >= 11 is 0. The summed E-state index contributed by atoms with van der Waals surface area (Å²) in [5.41, 5.74) is -2.06. The van der Waals surface area contributed by atoms with E-state index in [0.717, 1.165) is 44.9 Å². The normalized spacial score (nSPS) is 23.8. The van der Waals surface area contributed by atoms with Crippen molar-refractivity contribution in [3.8, 4) is 0 Å². The van der Waals surface area contributed by atoms with Gasteiger partial charge in [-0.05, 0) is 46.5 Å². The van der Waals surface area contributed by atoms with Gasteiger partial charge in [-0.25, -0.2) is 4.79 Å². The summed E-state index contributed by atoms with van der Waals surface area (Å²) in [5.74, 6) is -0.759. The number of aliphatic carboxylic acids is 1. The van der Waals surface area contributed by atoms with Crippen LogP contribution in [0.1, 0.15) is 78.6 Å². The number of ether oxygens (including phenoxy) is 1. The molecule has 0 heterocycles. The number of rotatable bonds is 3. The van der Waals surface area contributed by atoms with E-state index in [1.165, 1.54) is 0 Å². The molecule has 5 nitrogen and oxygen atoms in total. The molecule has 0 saturated heterocycles. The molecule has 0 aromatic rings. The highest BCUT2D eigenvalue weighted by Gasteiger charge is 2.58. The van der Waals surface area contributed by atoms with E-state index in [1.54, 1.807) is 0 Å². The van der Waals surface area contributed by atoms with E-state index < -0.39 is 28.6 Å². The van der Waals surface area contributed by atoms with Gasteiger partial charge in [0.15, 0.2) is 0 Å². The number of nitrogens with one attached hydrogen (secondary N) is 1. The summed E-state index contributed by atoms with van der Waals surface area (Å²) in [7, 11) is 0. The molecule has 0 aromatic heterocycles. The Morgan fingerprint density at radius 1 is 0.955 bits per heavy atom. The van der Waals surface area contributed by atoms with Crippen molar-refractivity contribution < 1.29 is 19.4 Å². The minimum atomic E-state index is -0.835. The maximum absolute atomic E-state index is 12.3. The fourth-order valence-corrected chi connectivity index (χ4v) is 4.25. The second-order valence-electron chi connectivity index (χ2n) is 7.86. The molecular formula is C17H29NO4. The van der Waals surface area contributed by atoms with Crippen molar-refractivity contribution in [3.05, 3.63) is 0 Å². The van der Waals surface area contributed by atoms with Gasteiger partial charge in [-0.2, -0.15) is 0 Å². The summed E-state index contributed by atoms with van der Waals surface area (Å²) in [6, 6.07) is 0. The summed E-state index contributed by atoms with van der Waals surface area (Å²) in [5, 5.41) is 13.0. The van der Waals surface area contributed by atoms with Gasteiger partial charge in [-0.1, -0.05) is 32.1 Å². The summed E-state index contributed by atoms with van der Waals surface area (Å²) < 4.78 is 5.40. The van der Waals surface area contributed by atoms with Crippen LogP contribution >= 0.6 is 0 Å². The Labute approximate surface area is 132 Å². The number of alkyl carbamates (subject to hydrolysis) is 1. The minimum absolute atomic E-state index is 0.486. The van der Waals surface area contributed by atoms with E-state index in [2.05, 4.69) is 5.32 Å². The molecule has 0 bridgehead atoms. The molecule has 2 fully saturated rings. The molecule has 2 saturated carbocycles. The van der Waals surface area contributed by atoms with Crippen LogP contribution in [-0.2, 0) is 9.53 Å². The number of carboxylic acid groups (broad SMARTS) is 1. The van der Waals surface area contributed by atoms with E-state index in [4.69, 9.17) is 4.74 Å². The van der Waals surface area contributed by atoms with Crippen LogP contribution in [0.2, 0.25) is 0 Å². The average molecular weight is 311 g/mol. The van der Waals surface area contributed by atoms with Crippen molar-refractivity contribution in [2.45, 2.75) is 89.7 Å². The van der Waals surface area contributed by atoms with Crippen molar-refractivity contribution in [2.75, 3.05) is 0 Å². The van der Waals surface area contributed by atoms with Crippen LogP contribution in [0, 0.1) is 5.41 Å². The molecule has 0 atom stereocenters. The molecule has 5 heteroatoms. The topological polar surface area (TPSA) is 75.6 Å². The molecule has 2 aliphatic rings. The zero-order valence-corrected chi connectivity index (χ0v) is 14.0. The van der Waals surface area contributed by atoms with Gasteiger partial charge in [0.1, 0.15) is 5.60 Å². The van der Waals surface area contributed by atoms with Crippen LogP contribution in [0.5, 0.6) is 0 Å². The predicted octanol–water partition coefficient (Wildman–Crippen LogP) is 3.86. The highest BCUT2D eigenvalue weighted by atomic mass is 16.6. The van der Waals surface area contributed by atoms with E-state index in [9.17, 15) is 14.7 Å². The zero-order chi connectivity index (χ0) is 16.4. The van der Waals surface area contributed by atoms with E-state index in [0.29, 0.717) is 12.8 Å². The fourth-order valence-electron chi connectivity index (χ4n) is 4.25. The molecule has 126 valence electrons. The Morgan fingerprint density at radius 2 is 1.45 bits per heavy atom. The van der Waals surface area contributed by atoms with E-state index in [1.807, 2.05) is 20.8 Å². The quantitative estimate of drug-likeness (QED) is 0.830. The van der Waals surface area contributed by atoms with Crippen molar-refractivity contribution >= 4 is 12.1 Å². The highest BCUT2D eigenvalue weighted by Crippen LogP contribution is 2.52. The summed E-state index contributed by atoms with van der Waals surface area (Å²) in [6.07, 6.45) is 7.13. The lowest BCUT2D eigenvalue weighted by molar-refractivity contribution is -0.158. The van der Waals surface area contributed by atoms with Crippen molar-refractivity contribution in [2.24, 2.45) is 5.41 Å². The van der Waals surface area contributed by atoms with Crippen LogP contribution in [0.15, 0.2) is 0 Å². The molecule has 2 N–H and O–H groups in total. The van der Waals surface area contributed by atoms with Gasteiger partial charge in [0.2, 0.25) is 0 Å². The maximum atomic E-state index is 12.3. The number of carbonyl (C=O) groups is 2. The van der Waals surface area contributed by atoms with Gasteiger partial charge in [-0.15, -0.1) is 0 Å². The highest BCUT2D eigenvalue weighted by molar-refractivity contribution is 5.79. The lowest BCUT2D eigenvalue weighted by Crippen LogP contribution is -2.62. The largest absolute Gasteiger partial charge is 0.481 e. The van der Waals surface area contributed by atoms with Gasteiger partial charge in [0.05, 0.1) is 11.0 Å². The Morgan fingerprint density at radius 3 is 1.91 bits per heavy atom. The van der Waals surface area contributed by atoms with Crippen LogP contribution in [-0.4, -0.2) is 28.3 Å². The predicted molar refractivity (Wildman–Crippen MR) is 83.7 cm³/mol. The number of hydrogen-bond acceptors (Lipinski definition) is 3. The third-order valence-electron chi connectivity index (χ3n) is 5.23. The summed E-state index contributed by atoms with van der Waals surface area (Å²) in [4.78, 5) is 24.4. The van der Waals surface area contributed by atoms with Crippen molar-refractivity contribution in [3.63, 3.8) is 0 Å². The maximum Gasteiger partial charge on any atom is 0.408 e. The van der Waals surface area contributed by atoms with Gasteiger partial charge < -0.3 is 15.2 Å². The Kier molecular flexibility index (Phi) is 4.73. The molecule has 1 amide bonds. The van der Waals surface area contributed by atoms with Crippen LogP contribution in [0.25, 0.3) is 0 Å². The third kappa shape index (κ3) is 3.23. The molecule has 2 aliphatic carbocycles. The molecule has 2 rings (SSSR count). The Bertz CT molecular complexity index is 426. The van der Waals surface area contributed by atoms with Gasteiger partial charge in [0, 0.05) is 0 Å². The standard InChI is InChI=1S/C17H29NO4/c1-15(2,3)22-14(21)18-17(11-7-8-12-17)16(13(19)20)9-5-4-6-10-16/h4-12H2,1-3H3,(H,18,21)(H,19,20). The number of amides is 1. The number of carbonyl (C=O) groups excluding carboxylic acids is 1. The van der Waals surface area contributed by atoms with E-state index in [-0.39, 0.29) is 0 Å². The molecule has 0 unspecified atom stereocenters. The van der Waals surface area contributed by atoms with Crippen molar-refractivity contribution in [1.82, 2.24) is 5.32 Å². The Balaban J connectivity index is 2.26. The lowest BCUT2D eigenvalue weighted by atomic mass is 9.60. The first-order valence-corrected chi connectivity index (χ1v) is 8.45. The average Bonchev–Trinajstić information content (AvgIpc) is 2.87. The fraction of sp³-hybridized carbons (Fsp3) is 0.882. The zero-order valence-electron chi connectivity index (χ0n) is 14.0. The molecule has 0 spiro atoms. The van der Waals surface area contributed by atoms with Gasteiger partial charge in [0.25, 0.3) is 0 Å². The SMILES string of the molecule is CC(C)(C)OC(=O)NC1(C2(C(=O)O)CCCCC2)CCCC1. The second kappa shape index (κ2) is 6.09. The first-order chi connectivity index (χ1) is 10.2. The van der Waals surface area contributed by atoms with Gasteiger partial charge in [-0.3, -0.25) is 4.79 Å². The molecular weight excluding hydrogens is 282 g/mol. The number of carboxylic acids is 1. The summed E-state index contributed by atoms with van der Waals surface area (Å²) in [6.45, 7) is 5.46. The molecule has 22 heavy (non-hydrogen) atoms. The molecule has 0 radical (unpaired) electrons. The third-order valence-corrected chi connectivity index (χ3v) is 5.23. The first-order valence-electron chi connectivity index (χ1n) is 8.45. The minimum Gasteiger partial charge on any atom is -0.481 e. The molecule has 0 aliphatic heterocycles. The smallest absolute Gasteiger partial charge is 0.408 e. The van der Waals surface area contributed by atoms with Crippen molar-refractivity contribution in [1.29, 1.82) is 0 Å². The first kappa shape index (κ1) is 17.1. The van der Waals surface area contributed by atoms with Crippen LogP contribution in [0.3, 0.4) is 0 Å². The second-order valence-corrected chi connectivity index (χ2v) is 7.86. The molecule has 0 aromatic carbocycles. The lowest BCUT2D eigenvalue weighted by Gasteiger charge is -2.48. The van der Waals surface area contributed by atoms with Gasteiger partial charge >= 0.3 is 12.1 Å². The van der Waals surface area contributed by atoms with Crippen LogP contribution in [0.4, 0.5) is 4.79 Å². The van der Waals surface area contributed by atoms with Crippen LogP contribution < -0.4 is 5.32 Å². The Hall–Kier alpha value is -1.26. The number of hydrogen-bond donors (Lipinski definition) is 2. The monoisotopic (exact) mass is 311 g/mol. The van der Waals surface area contributed by atoms with E-state index >= 15 is 0 Å².